The number of hydrogen-bond donors (Lipinski definition) is 0. The number of ketones is 1. The predicted molar refractivity (Wildman–Crippen MR) is 65.7 cm³/mol. The molecular formula is C13H13NOS. The fraction of sp³-hybridized carbons (Fsp3) is 0.231. The fourth-order valence-corrected chi connectivity index (χ4v) is 2.19. The van der Waals surface area contributed by atoms with Crippen molar-refractivity contribution in [2.75, 3.05) is 0 Å². The number of aryl methyl sites for hydroxylation is 1. The summed E-state index contributed by atoms with van der Waals surface area (Å²) in [5.41, 5.74) is 1.96. The summed E-state index contributed by atoms with van der Waals surface area (Å²) in [6.45, 7) is 1.95. The first-order valence-electron chi connectivity index (χ1n) is 5.20. The lowest BCUT2D eigenvalue weighted by Crippen LogP contribution is -2.06. The summed E-state index contributed by atoms with van der Waals surface area (Å²) < 4.78 is 0. The fourth-order valence-electron chi connectivity index (χ4n) is 1.58. The van der Waals surface area contributed by atoms with Crippen LogP contribution in [0.15, 0.2) is 35.7 Å². The van der Waals surface area contributed by atoms with E-state index in [0.29, 0.717) is 12.8 Å². The van der Waals surface area contributed by atoms with Crippen molar-refractivity contribution in [1.82, 2.24) is 4.98 Å². The van der Waals surface area contributed by atoms with Crippen molar-refractivity contribution in [1.29, 1.82) is 0 Å². The van der Waals surface area contributed by atoms with Gasteiger partial charge in [0.1, 0.15) is 5.78 Å². The van der Waals surface area contributed by atoms with Crippen LogP contribution in [0.3, 0.4) is 0 Å². The summed E-state index contributed by atoms with van der Waals surface area (Å²) >= 11 is 1.59. The Morgan fingerprint density at radius 2 is 2.00 bits per heavy atom. The van der Waals surface area contributed by atoms with Gasteiger partial charge in [-0.2, -0.15) is 0 Å². The summed E-state index contributed by atoms with van der Waals surface area (Å²) in [7, 11) is 0. The maximum Gasteiger partial charge on any atom is 0.143 e. The normalized spacial score (nSPS) is 10.3. The molecule has 2 nitrogen and oxygen atoms in total. The second kappa shape index (κ2) is 5.03. The van der Waals surface area contributed by atoms with Crippen LogP contribution in [0, 0.1) is 6.92 Å². The van der Waals surface area contributed by atoms with Gasteiger partial charge in [-0.25, -0.2) is 4.98 Å². The second-order valence-corrected chi connectivity index (χ2v) is 4.80. The monoisotopic (exact) mass is 231 g/mol. The molecule has 1 aromatic carbocycles. The third-order valence-corrected chi connectivity index (χ3v) is 3.11. The van der Waals surface area contributed by atoms with Crippen LogP contribution >= 0.6 is 11.3 Å². The predicted octanol–water partition coefficient (Wildman–Crippen LogP) is 2.81. The number of aromatic nitrogens is 1. The summed E-state index contributed by atoms with van der Waals surface area (Å²) in [6.07, 6.45) is 0.941. The molecule has 0 saturated carbocycles. The topological polar surface area (TPSA) is 30.0 Å². The van der Waals surface area contributed by atoms with Gasteiger partial charge in [-0.3, -0.25) is 4.79 Å². The molecule has 16 heavy (non-hydrogen) atoms. The molecule has 2 aromatic rings. The first-order chi connectivity index (χ1) is 7.74. The molecular weight excluding hydrogens is 218 g/mol. The van der Waals surface area contributed by atoms with Crippen LogP contribution in [0.4, 0.5) is 0 Å². The van der Waals surface area contributed by atoms with Gasteiger partial charge in [0.25, 0.3) is 0 Å². The van der Waals surface area contributed by atoms with Crippen molar-refractivity contribution in [3.05, 3.63) is 52.0 Å². The molecule has 3 heteroatoms. The zero-order valence-corrected chi connectivity index (χ0v) is 9.96. The standard InChI is InChI=1S/C13H13NOS/c1-10-14-12(9-16-10)8-13(15)7-11-5-3-2-4-6-11/h2-6,9H,7-8H2,1H3. The molecule has 0 amide bonds. The van der Waals surface area contributed by atoms with E-state index in [0.717, 1.165) is 16.3 Å². The number of benzene rings is 1. The van der Waals surface area contributed by atoms with Gasteiger partial charge in [0.05, 0.1) is 10.7 Å². The molecule has 0 saturated heterocycles. The average Bonchev–Trinajstić information content (AvgIpc) is 2.65. The summed E-state index contributed by atoms with van der Waals surface area (Å²) in [4.78, 5) is 16.0. The zero-order valence-electron chi connectivity index (χ0n) is 9.14. The van der Waals surface area contributed by atoms with Gasteiger partial charge in [0.15, 0.2) is 0 Å². The lowest BCUT2D eigenvalue weighted by Gasteiger charge is -1.98. The molecule has 0 aliphatic rings. The smallest absolute Gasteiger partial charge is 0.143 e. The van der Waals surface area contributed by atoms with Gasteiger partial charge in [-0.1, -0.05) is 30.3 Å². The molecule has 0 aliphatic heterocycles. The third-order valence-electron chi connectivity index (χ3n) is 2.29. The highest BCUT2D eigenvalue weighted by atomic mass is 32.1. The Morgan fingerprint density at radius 1 is 1.25 bits per heavy atom. The van der Waals surface area contributed by atoms with Gasteiger partial charge in [-0.15, -0.1) is 11.3 Å². The third kappa shape index (κ3) is 3.00. The Balaban J connectivity index is 1.95. The van der Waals surface area contributed by atoms with Gasteiger partial charge in [0.2, 0.25) is 0 Å². The Bertz CT molecular complexity index is 476. The van der Waals surface area contributed by atoms with E-state index in [-0.39, 0.29) is 5.78 Å². The summed E-state index contributed by atoms with van der Waals surface area (Å²) in [5.74, 6) is 0.219. The molecule has 0 atom stereocenters. The van der Waals surface area contributed by atoms with Gasteiger partial charge >= 0.3 is 0 Å². The maximum absolute atomic E-state index is 11.8. The molecule has 0 fully saturated rings. The number of rotatable bonds is 4. The summed E-state index contributed by atoms with van der Waals surface area (Å²) in [6, 6.07) is 9.82. The number of hydrogen-bond acceptors (Lipinski definition) is 3. The van der Waals surface area contributed by atoms with Gasteiger partial charge < -0.3 is 0 Å². The van der Waals surface area contributed by atoms with Crippen LogP contribution in [0.5, 0.6) is 0 Å². The first-order valence-corrected chi connectivity index (χ1v) is 6.08. The highest BCUT2D eigenvalue weighted by Crippen LogP contribution is 2.10. The Morgan fingerprint density at radius 3 is 2.62 bits per heavy atom. The molecule has 82 valence electrons. The maximum atomic E-state index is 11.8. The molecule has 2 rings (SSSR count). The lowest BCUT2D eigenvalue weighted by molar-refractivity contribution is -0.117. The molecule has 0 unspecified atom stereocenters. The molecule has 0 bridgehead atoms. The van der Waals surface area contributed by atoms with Gasteiger partial charge in [-0.05, 0) is 12.5 Å². The molecule has 0 N–H and O–H groups in total. The second-order valence-electron chi connectivity index (χ2n) is 3.74. The number of nitrogens with zero attached hydrogens (tertiary/aromatic N) is 1. The van der Waals surface area contributed by atoms with Crippen molar-refractivity contribution >= 4 is 17.1 Å². The van der Waals surface area contributed by atoms with Crippen LogP contribution in [-0.4, -0.2) is 10.8 Å². The lowest BCUT2D eigenvalue weighted by atomic mass is 10.1. The van der Waals surface area contributed by atoms with Crippen molar-refractivity contribution in [3.63, 3.8) is 0 Å². The van der Waals surface area contributed by atoms with E-state index in [4.69, 9.17) is 0 Å². The van der Waals surface area contributed by atoms with Crippen LogP contribution in [0.25, 0.3) is 0 Å². The van der Waals surface area contributed by atoms with Crippen molar-refractivity contribution in [2.45, 2.75) is 19.8 Å². The van der Waals surface area contributed by atoms with E-state index >= 15 is 0 Å². The minimum Gasteiger partial charge on any atom is -0.299 e. The minimum absolute atomic E-state index is 0.219. The highest BCUT2D eigenvalue weighted by molar-refractivity contribution is 7.09. The van der Waals surface area contributed by atoms with Crippen LogP contribution in [0.2, 0.25) is 0 Å². The van der Waals surface area contributed by atoms with Crippen molar-refractivity contribution < 1.29 is 4.79 Å². The van der Waals surface area contributed by atoms with Crippen LogP contribution < -0.4 is 0 Å². The van der Waals surface area contributed by atoms with E-state index in [2.05, 4.69) is 4.98 Å². The Labute approximate surface area is 99.0 Å². The number of carbonyl (C=O) groups is 1. The van der Waals surface area contributed by atoms with Crippen LogP contribution in [-0.2, 0) is 17.6 Å². The molecule has 0 aliphatic carbocycles. The van der Waals surface area contributed by atoms with E-state index in [9.17, 15) is 4.79 Å². The summed E-state index contributed by atoms with van der Waals surface area (Å²) in [5, 5.41) is 2.97. The largest absolute Gasteiger partial charge is 0.299 e. The number of carbonyl (C=O) groups excluding carboxylic acids is 1. The van der Waals surface area contributed by atoms with E-state index in [1.165, 1.54) is 0 Å². The molecule has 0 radical (unpaired) electrons. The molecule has 1 aromatic heterocycles. The SMILES string of the molecule is Cc1nc(CC(=O)Cc2ccccc2)cs1. The van der Waals surface area contributed by atoms with Crippen molar-refractivity contribution in [2.24, 2.45) is 0 Å². The Kier molecular flexibility index (Phi) is 3.47. The van der Waals surface area contributed by atoms with Crippen molar-refractivity contribution in [3.8, 4) is 0 Å². The minimum atomic E-state index is 0.219. The Hall–Kier alpha value is -1.48. The first kappa shape index (κ1) is 11.0. The number of Topliss-reactive ketones (excluding diaryl/α,β-unsaturated/α-hetero) is 1. The molecule has 1 heterocycles. The van der Waals surface area contributed by atoms with E-state index in [1.54, 1.807) is 11.3 Å². The average molecular weight is 231 g/mol. The number of thiazole rings is 1. The van der Waals surface area contributed by atoms with E-state index < -0.39 is 0 Å². The quantitative estimate of drug-likeness (QED) is 0.810. The molecule has 0 spiro atoms. The van der Waals surface area contributed by atoms with Gasteiger partial charge in [0, 0.05) is 18.2 Å². The highest BCUT2D eigenvalue weighted by Gasteiger charge is 2.07. The zero-order chi connectivity index (χ0) is 11.4. The van der Waals surface area contributed by atoms with Crippen LogP contribution in [0.1, 0.15) is 16.3 Å². The van der Waals surface area contributed by atoms with E-state index in [1.807, 2.05) is 42.6 Å².